The zero-order valence-electron chi connectivity index (χ0n) is 15.3. The van der Waals surface area contributed by atoms with Crippen LogP contribution in [0.1, 0.15) is 13.8 Å². The molecule has 0 radical (unpaired) electrons. The third-order valence-corrected chi connectivity index (χ3v) is 4.15. The molecular weight excluding hydrogens is 336 g/mol. The lowest BCUT2D eigenvalue weighted by Crippen LogP contribution is -2.09. The van der Waals surface area contributed by atoms with Crippen LogP contribution < -0.4 is 5.32 Å². The van der Waals surface area contributed by atoms with Crippen LogP contribution >= 0.6 is 0 Å². The second-order valence-corrected chi connectivity index (χ2v) is 6.36. The molecular formula is C22H20N4O. The van der Waals surface area contributed by atoms with Crippen LogP contribution in [0.2, 0.25) is 0 Å². The lowest BCUT2D eigenvalue weighted by atomic mass is 10.1. The summed E-state index contributed by atoms with van der Waals surface area (Å²) in [6.45, 7) is 7.68. The van der Waals surface area contributed by atoms with Gasteiger partial charge in [-0.1, -0.05) is 30.9 Å². The number of aromatic amines is 1. The van der Waals surface area contributed by atoms with Crippen LogP contribution in [0.5, 0.6) is 0 Å². The number of allylic oxidation sites excluding steroid dienone is 2. The van der Waals surface area contributed by atoms with Crippen molar-refractivity contribution in [3.05, 3.63) is 73.1 Å². The summed E-state index contributed by atoms with van der Waals surface area (Å²) in [6.07, 6.45) is 5.65. The number of nitrogens with zero attached hydrogens (tertiary/aromatic N) is 2. The summed E-state index contributed by atoms with van der Waals surface area (Å²) >= 11 is 0. The Kier molecular flexibility index (Phi) is 4.34. The standard InChI is InChI=1S/C22H20N4O/c1-4-7-21(24-14(2)3)25-17-10-16-13-23-26-22(16)18(12-17)20-11-15-8-5-6-9-19(15)27-20/h4-13H,2H2,1,3H3,(H,23,26)(H,24,25)/b7-4-. The largest absolute Gasteiger partial charge is 0.456 e. The number of para-hydroxylation sites is 1. The molecule has 2 heterocycles. The maximum absolute atomic E-state index is 6.07. The van der Waals surface area contributed by atoms with Crippen molar-refractivity contribution in [3.63, 3.8) is 0 Å². The van der Waals surface area contributed by atoms with E-state index < -0.39 is 0 Å². The number of H-pyrrole nitrogens is 1. The van der Waals surface area contributed by atoms with E-state index >= 15 is 0 Å². The lowest BCUT2D eigenvalue weighted by molar-refractivity contribution is 0.632. The van der Waals surface area contributed by atoms with Gasteiger partial charge in [-0.25, -0.2) is 4.99 Å². The van der Waals surface area contributed by atoms with Gasteiger partial charge < -0.3 is 9.73 Å². The highest BCUT2D eigenvalue weighted by Gasteiger charge is 2.13. The number of aliphatic imine (C=N–C) groups is 1. The Bertz CT molecular complexity index is 1160. The highest BCUT2D eigenvalue weighted by Crippen LogP contribution is 2.34. The lowest BCUT2D eigenvalue weighted by Gasteiger charge is -2.09. The van der Waals surface area contributed by atoms with Gasteiger partial charge in [0.15, 0.2) is 0 Å². The Labute approximate surface area is 157 Å². The highest BCUT2D eigenvalue weighted by molar-refractivity contribution is 6.06. The van der Waals surface area contributed by atoms with Crippen LogP contribution in [0, 0.1) is 0 Å². The van der Waals surface area contributed by atoms with Crippen LogP contribution in [-0.2, 0) is 0 Å². The maximum Gasteiger partial charge on any atom is 0.137 e. The number of nitrogens with one attached hydrogen (secondary N) is 2. The van der Waals surface area contributed by atoms with E-state index in [9.17, 15) is 0 Å². The van der Waals surface area contributed by atoms with Gasteiger partial charge in [-0.15, -0.1) is 0 Å². The Morgan fingerprint density at radius 3 is 2.85 bits per heavy atom. The molecule has 4 aromatic rings. The SMILES string of the molecule is C=C(C)/N=C(\C=C/C)Nc1cc(-c2cc3ccccc3o2)c2[nH]ncc2c1. The van der Waals surface area contributed by atoms with Gasteiger partial charge in [0.2, 0.25) is 0 Å². The van der Waals surface area contributed by atoms with E-state index in [0.29, 0.717) is 0 Å². The molecule has 0 unspecified atom stereocenters. The molecule has 0 amide bonds. The van der Waals surface area contributed by atoms with Crippen molar-refractivity contribution >= 4 is 33.4 Å². The first kappa shape index (κ1) is 16.8. The summed E-state index contributed by atoms with van der Waals surface area (Å²) in [5, 5.41) is 12.7. The van der Waals surface area contributed by atoms with Gasteiger partial charge in [0.05, 0.1) is 11.7 Å². The number of hydrogen-bond acceptors (Lipinski definition) is 3. The van der Waals surface area contributed by atoms with Crippen molar-refractivity contribution < 1.29 is 4.42 Å². The monoisotopic (exact) mass is 356 g/mol. The first-order valence-electron chi connectivity index (χ1n) is 8.74. The molecule has 2 N–H and O–H groups in total. The van der Waals surface area contributed by atoms with Crippen molar-refractivity contribution in [2.75, 3.05) is 5.32 Å². The predicted molar refractivity (Wildman–Crippen MR) is 112 cm³/mol. The zero-order chi connectivity index (χ0) is 18.8. The first-order valence-corrected chi connectivity index (χ1v) is 8.74. The van der Waals surface area contributed by atoms with Gasteiger partial charge in [-0.3, -0.25) is 5.10 Å². The maximum atomic E-state index is 6.07. The van der Waals surface area contributed by atoms with Crippen LogP contribution in [-0.4, -0.2) is 16.0 Å². The molecule has 0 atom stereocenters. The average Bonchev–Trinajstić information content (AvgIpc) is 3.27. The summed E-state index contributed by atoms with van der Waals surface area (Å²) in [7, 11) is 0. The molecule has 5 nitrogen and oxygen atoms in total. The third-order valence-electron chi connectivity index (χ3n) is 4.15. The molecule has 5 heteroatoms. The van der Waals surface area contributed by atoms with Crippen molar-refractivity contribution in [3.8, 4) is 11.3 Å². The van der Waals surface area contributed by atoms with E-state index in [1.54, 1.807) is 6.20 Å². The molecule has 0 aliphatic rings. The molecule has 4 rings (SSSR count). The number of rotatable bonds is 4. The van der Waals surface area contributed by atoms with E-state index in [0.717, 1.165) is 50.4 Å². The molecule has 0 bridgehead atoms. The van der Waals surface area contributed by atoms with Crippen LogP contribution in [0.15, 0.2) is 82.5 Å². The summed E-state index contributed by atoms with van der Waals surface area (Å²) in [6, 6.07) is 14.1. The van der Waals surface area contributed by atoms with Gasteiger partial charge >= 0.3 is 0 Å². The topological polar surface area (TPSA) is 66.2 Å². The Morgan fingerprint density at radius 2 is 2.07 bits per heavy atom. The molecule has 2 aromatic heterocycles. The Morgan fingerprint density at radius 1 is 1.22 bits per heavy atom. The van der Waals surface area contributed by atoms with Crippen LogP contribution in [0.4, 0.5) is 5.69 Å². The molecule has 0 aliphatic carbocycles. The minimum absolute atomic E-state index is 0.725. The number of benzene rings is 2. The molecule has 0 spiro atoms. The molecule has 0 fully saturated rings. The molecule has 0 saturated carbocycles. The van der Waals surface area contributed by atoms with E-state index in [1.165, 1.54) is 0 Å². The molecule has 134 valence electrons. The molecule has 27 heavy (non-hydrogen) atoms. The summed E-state index contributed by atoms with van der Waals surface area (Å²) < 4.78 is 6.07. The number of fused-ring (bicyclic) bond motifs is 2. The van der Waals surface area contributed by atoms with Gasteiger partial charge in [0, 0.05) is 27.7 Å². The molecule has 0 aliphatic heterocycles. The van der Waals surface area contributed by atoms with Crippen molar-refractivity contribution in [1.82, 2.24) is 10.2 Å². The second-order valence-electron chi connectivity index (χ2n) is 6.36. The van der Waals surface area contributed by atoms with Crippen LogP contribution in [0.3, 0.4) is 0 Å². The van der Waals surface area contributed by atoms with Gasteiger partial charge in [0.25, 0.3) is 0 Å². The number of aromatic nitrogens is 2. The van der Waals surface area contributed by atoms with E-state index in [4.69, 9.17) is 4.42 Å². The van der Waals surface area contributed by atoms with Crippen molar-refractivity contribution in [1.29, 1.82) is 0 Å². The highest BCUT2D eigenvalue weighted by atomic mass is 16.3. The first-order chi connectivity index (χ1) is 13.1. The summed E-state index contributed by atoms with van der Waals surface area (Å²) in [5.41, 5.74) is 4.37. The summed E-state index contributed by atoms with van der Waals surface area (Å²) in [4.78, 5) is 4.44. The Balaban J connectivity index is 1.83. The zero-order valence-corrected chi connectivity index (χ0v) is 15.3. The quantitative estimate of drug-likeness (QED) is 0.353. The van der Waals surface area contributed by atoms with Gasteiger partial charge in [-0.2, -0.15) is 5.10 Å². The van der Waals surface area contributed by atoms with Gasteiger partial charge in [-0.05, 0) is 44.2 Å². The number of amidine groups is 1. The van der Waals surface area contributed by atoms with E-state index in [1.807, 2.05) is 68.5 Å². The fourth-order valence-corrected chi connectivity index (χ4v) is 3.06. The minimum atomic E-state index is 0.725. The Hall–Kier alpha value is -3.60. The smallest absolute Gasteiger partial charge is 0.137 e. The number of furan rings is 1. The normalized spacial score (nSPS) is 12.3. The van der Waals surface area contributed by atoms with Crippen molar-refractivity contribution in [2.45, 2.75) is 13.8 Å². The number of hydrogen-bond donors (Lipinski definition) is 2. The van der Waals surface area contributed by atoms with Crippen molar-refractivity contribution in [2.24, 2.45) is 4.99 Å². The van der Waals surface area contributed by atoms with E-state index in [2.05, 4.69) is 27.1 Å². The average molecular weight is 356 g/mol. The van der Waals surface area contributed by atoms with Gasteiger partial charge in [0.1, 0.15) is 17.2 Å². The van der Waals surface area contributed by atoms with E-state index in [-0.39, 0.29) is 0 Å². The number of anilines is 1. The fraction of sp³-hybridized carbons (Fsp3) is 0.0909. The third kappa shape index (κ3) is 3.40. The molecule has 0 saturated heterocycles. The molecule has 2 aromatic carbocycles. The summed E-state index contributed by atoms with van der Waals surface area (Å²) in [5.74, 6) is 1.52. The minimum Gasteiger partial charge on any atom is -0.456 e. The van der Waals surface area contributed by atoms with Crippen LogP contribution in [0.25, 0.3) is 33.2 Å². The fourth-order valence-electron chi connectivity index (χ4n) is 3.06. The second kappa shape index (κ2) is 6.96. The predicted octanol–water partition coefficient (Wildman–Crippen LogP) is 5.90.